The van der Waals surface area contributed by atoms with Crippen LogP contribution in [0.1, 0.15) is 24.4 Å². The van der Waals surface area contributed by atoms with Crippen LogP contribution >= 0.6 is 0 Å². The van der Waals surface area contributed by atoms with E-state index in [1.54, 1.807) is 30.3 Å². The van der Waals surface area contributed by atoms with Crippen molar-refractivity contribution in [3.8, 4) is 6.07 Å². The number of hydrogen-bond donors (Lipinski definition) is 1. The van der Waals surface area contributed by atoms with Crippen molar-refractivity contribution < 1.29 is 16.8 Å². The van der Waals surface area contributed by atoms with Gasteiger partial charge in [-0.1, -0.05) is 30.3 Å². The number of nitrogens with one attached hydrogen (secondary N) is 1. The highest BCUT2D eigenvalue weighted by atomic mass is 32.2. The van der Waals surface area contributed by atoms with Crippen LogP contribution in [0.5, 0.6) is 0 Å². The Balaban J connectivity index is 2.12. The lowest BCUT2D eigenvalue weighted by atomic mass is 10.1. The minimum Gasteiger partial charge on any atom is -0.229 e. The molecular weight excluding hydrogens is 312 g/mol. The number of sulfone groups is 1. The SMILES string of the molecule is N#CC(NS(=O)(=O)C1CCS(=O)(=O)CC1)c1ccccc1. The van der Waals surface area contributed by atoms with Gasteiger partial charge in [-0.05, 0) is 18.4 Å². The summed E-state index contributed by atoms with van der Waals surface area (Å²) in [7, 11) is -6.85. The first-order chi connectivity index (χ1) is 9.84. The van der Waals surface area contributed by atoms with Crippen LogP contribution in [0.15, 0.2) is 30.3 Å². The molecule has 1 atom stereocenters. The molecule has 21 heavy (non-hydrogen) atoms. The molecule has 1 saturated heterocycles. The summed E-state index contributed by atoms with van der Waals surface area (Å²) in [6, 6.07) is 9.52. The summed E-state index contributed by atoms with van der Waals surface area (Å²) in [5.74, 6) is -0.248. The molecule has 1 aromatic rings. The third-order valence-corrected chi connectivity index (χ3v) is 7.11. The van der Waals surface area contributed by atoms with Crippen molar-refractivity contribution in [2.24, 2.45) is 0 Å². The fourth-order valence-electron chi connectivity index (χ4n) is 2.25. The zero-order valence-electron chi connectivity index (χ0n) is 11.3. The third-order valence-electron chi connectivity index (χ3n) is 3.48. The van der Waals surface area contributed by atoms with E-state index in [1.165, 1.54) is 0 Å². The smallest absolute Gasteiger partial charge is 0.215 e. The van der Waals surface area contributed by atoms with Crippen LogP contribution in [0, 0.1) is 11.3 Å². The number of nitriles is 1. The first-order valence-electron chi connectivity index (χ1n) is 6.50. The summed E-state index contributed by atoms with van der Waals surface area (Å²) in [5, 5.41) is 8.39. The highest BCUT2D eigenvalue weighted by Crippen LogP contribution is 2.21. The molecule has 2 rings (SSSR count). The minimum atomic E-state index is -3.73. The molecule has 0 spiro atoms. The molecule has 1 aliphatic rings. The normalized spacial score (nSPS) is 20.5. The quantitative estimate of drug-likeness (QED) is 0.878. The molecular formula is C13H16N2O4S2. The Kier molecular flexibility index (Phi) is 4.66. The van der Waals surface area contributed by atoms with Crippen LogP contribution in [0.4, 0.5) is 0 Å². The van der Waals surface area contributed by atoms with Gasteiger partial charge in [0.1, 0.15) is 15.9 Å². The highest BCUT2D eigenvalue weighted by Gasteiger charge is 2.34. The zero-order valence-corrected chi connectivity index (χ0v) is 12.9. The van der Waals surface area contributed by atoms with Crippen molar-refractivity contribution in [1.29, 1.82) is 5.26 Å². The Bertz CT molecular complexity index is 722. The van der Waals surface area contributed by atoms with Crippen molar-refractivity contribution in [3.63, 3.8) is 0 Å². The van der Waals surface area contributed by atoms with E-state index < -0.39 is 31.2 Å². The van der Waals surface area contributed by atoms with Gasteiger partial charge >= 0.3 is 0 Å². The number of nitrogens with zero attached hydrogens (tertiary/aromatic N) is 1. The second-order valence-corrected chi connectivity index (χ2v) is 9.28. The Labute approximate surface area is 124 Å². The monoisotopic (exact) mass is 328 g/mol. The van der Waals surface area contributed by atoms with Crippen molar-refractivity contribution in [2.75, 3.05) is 11.5 Å². The molecule has 1 fully saturated rings. The fourth-order valence-corrected chi connectivity index (χ4v) is 5.61. The molecule has 1 aromatic carbocycles. The highest BCUT2D eigenvalue weighted by molar-refractivity contribution is 7.92. The maximum atomic E-state index is 12.3. The summed E-state index contributed by atoms with van der Waals surface area (Å²) < 4.78 is 49.6. The summed E-state index contributed by atoms with van der Waals surface area (Å²) in [6.07, 6.45) is 0.148. The molecule has 0 aliphatic carbocycles. The average Bonchev–Trinajstić information content (AvgIpc) is 2.45. The molecule has 0 saturated carbocycles. The lowest BCUT2D eigenvalue weighted by molar-refractivity contribution is 0.538. The maximum absolute atomic E-state index is 12.3. The molecule has 8 heteroatoms. The average molecular weight is 328 g/mol. The lowest BCUT2D eigenvalue weighted by Gasteiger charge is -2.23. The van der Waals surface area contributed by atoms with E-state index in [0.717, 1.165) is 0 Å². The second-order valence-electron chi connectivity index (χ2n) is 4.99. The van der Waals surface area contributed by atoms with Gasteiger partial charge in [-0.25, -0.2) is 16.8 Å². The molecule has 1 aliphatic heterocycles. The van der Waals surface area contributed by atoms with E-state index in [-0.39, 0.29) is 24.3 Å². The van der Waals surface area contributed by atoms with Gasteiger partial charge < -0.3 is 0 Å². The van der Waals surface area contributed by atoms with Crippen molar-refractivity contribution in [3.05, 3.63) is 35.9 Å². The predicted octanol–water partition coefficient (Wildman–Crippen LogP) is 0.748. The van der Waals surface area contributed by atoms with E-state index in [0.29, 0.717) is 5.56 Å². The maximum Gasteiger partial charge on any atom is 0.215 e. The summed E-state index contributed by atoms with van der Waals surface area (Å²) in [5.41, 5.74) is 0.562. The molecule has 0 aromatic heterocycles. The van der Waals surface area contributed by atoms with Gasteiger partial charge in [0, 0.05) is 0 Å². The Hall–Kier alpha value is -1.43. The first-order valence-corrected chi connectivity index (χ1v) is 9.87. The lowest BCUT2D eigenvalue weighted by Crippen LogP contribution is -2.41. The van der Waals surface area contributed by atoms with E-state index in [1.807, 2.05) is 6.07 Å². The second kappa shape index (κ2) is 6.13. The molecule has 114 valence electrons. The predicted molar refractivity (Wildman–Crippen MR) is 78.5 cm³/mol. The Morgan fingerprint density at radius 3 is 2.29 bits per heavy atom. The zero-order chi connectivity index (χ0) is 15.5. The van der Waals surface area contributed by atoms with E-state index in [4.69, 9.17) is 5.26 Å². The summed E-state index contributed by atoms with van der Waals surface area (Å²) >= 11 is 0. The number of benzene rings is 1. The summed E-state index contributed by atoms with van der Waals surface area (Å²) in [6.45, 7) is 0. The van der Waals surface area contributed by atoms with Crippen LogP contribution in [0.25, 0.3) is 0 Å². The molecule has 1 unspecified atom stereocenters. The van der Waals surface area contributed by atoms with Gasteiger partial charge in [0.2, 0.25) is 10.0 Å². The van der Waals surface area contributed by atoms with E-state index in [9.17, 15) is 16.8 Å². The Morgan fingerprint density at radius 1 is 1.19 bits per heavy atom. The van der Waals surface area contributed by atoms with Crippen molar-refractivity contribution >= 4 is 19.9 Å². The molecule has 0 radical (unpaired) electrons. The number of rotatable bonds is 4. The van der Waals surface area contributed by atoms with Crippen LogP contribution in [-0.4, -0.2) is 33.6 Å². The van der Waals surface area contributed by atoms with Gasteiger partial charge in [-0.2, -0.15) is 9.98 Å². The standard InChI is InChI=1S/C13H16N2O4S2/c14-10-13(11-4-2-1-3-5-11)15-21(18,19)12-6-8-20(16,17)9-7-12/h1-5,12-13,15H,6-9H2. The molecule has 1 N–H and O–H groups in total. The fraction of sp³-hybridized carbons (Fsp3) is 0.462. The molecule has 6 nitrogen and oxygen atoms in total. The van der Waals surface area contributed by atoms with Crippen LogP contribution in [0.2, 0.25) is 0 Å². The first kappa shape index (κ1) is 15.9. The van der Waals surface area contributed by atoms with Crippen LogP contribution < -0.4 is 4.72 Å². The van der Waals surface area contributed by atoms with Crippen molar-refractivity contribution in [2.45, 2.75) is 24.1 Å². The Morgan fingerprint density at radius 2 is 1.76 bits per heavy atom. The number of hydrogen-bond acceptors (Lipinski definition) is 5. The van der Waals surface area contributed by atoms with Gasteiger partial charge in [-0.3, -0.25) is 0 Å². The number of sulfonamides is 1. The van der Waals surface area contributed by atoms with E-state index in [2.05, 4.69) is 4.72 Å². The van der Waals surface area contributed by atoms with Gasteiger partial charge in [0.25, 0.3) is 0 Å². The third kappa shape index (κ3) is 4.03. The van der Waals surface area contributed by atoms with Gasteiger partial charge in [-0.15, -0.1) is 0 Å². The largest absolute Gasteiger partial charge is 0.229 e. The van der Waals surface area contributed by atoms with E-state index >= 15 is 0 Å². The molecule has 1 heterocycles. The molecule has 0 bridgehead atoms. The topological polar surface area (TPSA) is 104 Å². The minimum absolute atomic E-state index is 0.0740. The summed E-state index contributed by atoms with van der Waals surface area (Å²) in [4.78, 5) is 0. The molecule has 0 amide bonds. The van der Waals surface area contributed by atoms with Crippen LogP contribution in [-0.2, 0) is 19.9 Å². The van der Waals surface area contributed by atoms with Gasteiger partial charge in [0.15, 0.2) is 0 Å². The van der Waals surface area contributed by atoms with Gasteiger partial charge in [0.05, 0.1) is 22.8 Å². The van der Waals surface area contributed by atoms with Crippen LogP contribution in [0.3, 0.4) is 0 Å². The van der Waals surface area contributed by atoms with Crippen molar-refractivity contribution in [1.82, 2.24) is 4.72 Å².